The average molecular weight is 172 g/mol. The van der Waals surface area contributed by atoms with Crippen LogP contribution in [0.1, 0.15) is 6.92 Å². The van der Waals surface area contributed by atoms with Crippen LogP contribution in [0.25, 0.3) is 0 Å². The summed E-state index contributed by atoms with van der Waals surface area (Å²) in [5.74, 6) is -0.197. The van der Waals surface area contributed by atoms with Gasteiger partial charge in [0.15, 0.2) is 5.78 Å². The van der Waals surface area contributed by atoms with Gasteiger partial charge in [-0.3, -0.25) is 4.79 Å². The Bertz CT molecular complexity index is 200. The van der Waals surface area contributed by atoms with Crippen LogP contribution in [0, 0.1) is 0 Å². The first-order valence-corrected chi connectivity index (χ1v) is 3.69. The maximum atomic E-state index is 10.6. The molecule has 0 spiro atoms. The molecule has 2 N–H and O–H groups in total. The van der Waals surface area contributed by atoms with E-state index in [1.165, 1.54) is 6.92 Å². The third-order valence-electron chi connectivity index (χ3n) is 0.935. The molecule has 0 rings (SSSR count). The fraction of sp³-hybridized carbons (Fsp3) is 0.167. The minimum Gasteiger partial charge on any atom is -0.423 e. The van der Waals surface area contributed by atoms with Crippen molar-refractivity contribution < 1.29 is 14.8 Å². The highest BCUT2D eigenvalue weighted by atomic mass is 32.2. The number of thioether (sulfide) groups is 1. The van der Waals surface area contributed by atoms with Crippen LogP contribution in [0.15, 0.2) is 22.9 Å². The summed E-state index contributed by atoms with van der Waals surface area (Å²) in [6.45, 7) is 8.09. The minimum atomic E-state index is -1.60. The number of carbonyl (C=O) groups is 1. The summed E-state index contributed by atoms with van der Waals surface area (Å²) in [6, 6.07) is 0. The lowest BCUT2D eigenvalue weighted by Crippen LogP contribution is -2.12. The number of hydrogen-bond donors (Lipinski definition) is 2. The molecule has 0 unspecified atom stereocenters. The first kappa shape index (κ1) is 10.5. The predicted octanol–water partition coefficient (Wildman–Crippen LogP) is 0.348. The van der Waals surface area contributed by atoms with Gasteiger partial charge in [-0.05, 0) is 6.92 Å². The molecule has 0 aliphatic carbocycles. The Hall–Kier alpha value is -0.515. The summed E-state index contributed by atoms with van der Waals surface area (Å²) < 4.78 is 0. The van der Waals surface area contributed by atoms with E-state index in [0.29, 0.717) is 0 Å². The van der Waals surface area contributed by atoms with Crippen molar-refractivity contribution in [2.45, 2.75) is 6.92 Å². The monoisotopic (exact) mass is 172 g/mol. The van der Waals surface area contributed by atoms with Crippen molar-refractivity contribution >= 4 is 24.7 Å². The van der Waals surface area contributed by atoms with E-state index in [4.69, 9.17) is 10.0 Å². The van der Waals surface area contributed by atoms with E-state index in [0.717, 1.165) is 11.8 Å². The summed E-state index contributed by atoms with van der Waals surface area (Å²) in [6.07, 6.45) is 0. The molecular weight excluding hydrogens is 163 g/mol. The van der Waals surface area contributed by atoms with Crippen molar-refractivity contribution in [3.8, 4) is 0 Å². The lowest BCUT2D eigenvalue weighted by Gasteiger charge is -2.02. The van der Waals surface area contributed by atoms with Crippen molar-refractivity contribution in [3.63, 3.8) is 0 Å². The maximum absolute atomic E-state index is 10.6. The number of Topliss-reactive ketones (excluding diaryl/α,β-unsaturated/α-hetero) is 1. The lowest BCUT2D eigenvalue weighted by molar-refractivity contribution is -0.112. The van der Waals surface area contributed by atoms with Crippen LogP contribution in [0.4, 0.5) is 0 Å². The molecule has 0 saturated heterocycles. The number of rotatable bonds is 4. The van der Waals surface area contributed by atoms with E-state index in [1.54, 1.807) is 0 Å². The molecule has 0 aromatic heterocycles. The Balaban J connectivity index is 3.96. The molecule has 0 amide bonds. The second kappa shape index (κ2) is 4.38. The van der Waals surface area contributed by atoms with Gasteiger partial charge in [0.1, 0.15) is 0 Å². The number of hydrogen-bond acceptors (Lipinski definition) is 4. The van der Waals surface area contributed by atoms with Crippen LogP contribution >= 0.6 is 11.8 Å². The van der Waals surface area contributed by atoms with Crippen LogP contribution in [0.3, 0.4) is 0 Å². The second-order valence-electron chi connectivity index (χ2n) is 1.92. The quantitative estimate of drug-likeness (QED) is 0.474. The summed E-state index contributed by atoms with van der Waals surface area (Å²) in [7, 11) is -1.60. The van der Waals surface area contributed by atoms with Gasteiger partial charge in [-0.15, -0.1) is 0 Å². The Morgan fingerprint density at radius 3 is 2.18 bits per heavy atom. The van der Waals surface area contributed by atoms with E-state index < -0.39 is 7.12 Å². The molecule has 0 aromatic carbocycles. The van der Waals surface area contributed by atoms with Gasteiger partial charge in [0.05, 0.1) is 0 Å². The maximum Gasteiger partial charge on any atom is 0.494 e. The molecule has 0 heterocycles. The summed E-state index contributed by atoms with van der Waals surface area (Å²) >= 11 is 0.877. The van der Waals surface area contributed by atoms with Gasteiger partial charge in [-0.1, -0.05) is 24.9 Å². The van der Waals surface area contributed by atoms with Gasteiger partial charge in [0.2, 0.25) is 0 Å². The Labute approximate surface area is 70.0 Å². The van der Waals surface area contributed by atoms with Gasteiger partial charge in [0.25, 0.3) is 0 Å². The topological polar surface area (TPSA) is 57.5 Å². The van der Waals surface area contributed by atoms with Gasteiger partial charge in [-0.25, -0.2) is 0 Å². The average Bonchev–Trinajstić information content (AvgIpc) is 1.87. The minimum absolute atomic E-state index is 0.102. The van der Waals surface area contributed by atoms with Crippen molar-refractivity contribution in [2.24, 2.45) is 0 Å². The molecule has 3 nitrogen and oxygen atoms in total. The molecular formula is C6H9BO3S. The third-order valence-corrected chi connectivity index (χ3v) is 1.94. The molecule has 0 atom stereocenters. The van der Waals surface area contributed by atoms with E-state index in [1.807, 2.05) is 0 Å². The Kier molecular flexibility index (Phi) is 4.18. The predicted molar refractivity (Wildman–Crippen MR) is 46.7 cm³/mol. The molecule has 0 aliphatic rings. The zero-order valence-electron chi connectivity index (χ0n) is 6.20. The van der Waals surface area contributed by atoms with Gasteiger partial charge < -0.3 is 10.0 Å². The van der Waals surface area contributed by atoms with Gasteiger partial charge in [0, 0.05) is 9.71 Å². The van der Waals surface area contributed by atoms with E-state index in [2.05, 4.69) is 13.2 Å². The molecule has 11 heavy (non-hydrogen) atoms. The Morgan fingerprint density at radius 2 is 1.91 bits per heavy atom. The molecule has 0 aliphatic heterocycles. The molecule has 0 saturated carbocycles. The highest BCUT2D eigenvalue weighted by Gasteiger charge is 2.15. The Morgan fingerprint density at radius 1 is 1.45 bits per heavy atom. The highest BCUT2D eigenvalue weighted by Crippen LogP contribution is 2.23. The fourth-order valence-corrected chi connectivity index (χ4v) is 0.848. The SMILES string of the molecule is C=C(SC(=C)C(C)=O)B(O)O. The standard InChI is InChI=1S/C6H9BO3S/c1-4(8)5(2)11-6(3)7(9)10/h9-10H,2-3H2,1H3. The first-order chi connectivity index (χ1) is 4.95. The van der Waals surface area contributed by atoms with Crippen LogP contribution in [-0.2, 0) is 4.79 Å². The zero-order valence-corrected chi connectivity index (χ0v) is 7.02. The molecule has 60 valence electrons. The van der Waals surface area contributed by atoms with Crippen molar-refractivity contribution in [1.29, 1.82) is 0 Å². The van der Waals surface area contributed by atoms with Crippen molar-refractivity contribution in [2.75, 3.05) is 0 Å². The van der Waals surface area contributed by atoms with Gasteiger partial charge in [-0.2, -0.15) is 0 Å². The van der Waals surface area contributed by atoms with E-state index >= 15 is 0 Å². The number of ketones is 1. The van der Waals surface area contributed by atoms with Gasteiger partial charge >= 0.3 is 7.12 Å². The van der Waals surface area contributed by atoms with Crippen LogP contribution in [0.5, 0.6) is 0 Å². The summed E-state index contributed by atoms with van der Waals surface area (Å²) in [5.41, 5.74) is 0. The summed E-state index contributed by atoms with van der Waals surface area (Å²) in [4.78, 5) is 10.9. The van der Waals surface area contributed by atoms with Crippen LogP contribution in [-0.4, -0.2) is 22.9 Å². The van der Waals surface area contributed by atoms with Crippen molar-refractivity contribution in [3.05, 3.63) is 22.9 Å². The smallest absolute Gasteiger partial charge is 0.423 e. The van der Waals surface area contributed by atoms with Crippen LogP contribution < -0.4 is 0 Å². The number of carbonyl (C=O) groups excluding carboxylic acids is 1. The molecule has 0 fully saturated rings. The molecule has 5 heteroatoms. The van der Waals surface area contributed by atoms with Crippen LogP contribution in [0.2, 0.25) is 0 Å². The van der Waals surface area contributed by atoms with Crippen molar-refractivity contribution in [1.82, 2.24) is 0 Å². The normalized spacial score (nSPS) is 9.00. The lowest BCUT2D eigenvalue weighted by atomic mass is 9.93. The highest BCUT2D eigenvalue weighted by molar-refractivity contribution is 8.09. The third kappa shape index (κ3) is 4.03. The molecule has 0 aromatic rings. The first-order valence-electron chi connectivity index (χ1n) is 2.87. The largest absolute Gasteiger partial charge is 0.494 e. The zero-order chi connectivity index (χ0) is 9.02. The fourth-order valence-electron chi connectivity index (χ4n) is 0.283. The van der Waals surface area contributed by atoms with E-state index in [-0.39, 0.29) is 15.5 Å². The molecule has 0 radical (unpaired) electrons. The second-order valence-corrected chi connectivity index (χ2v) is 3.14. The van der Waals surface area contributed by atoms with E-state index in [9.17, 15) is 4.79 Å². The summed E-state index contributed by atoms with van der Waals surface area (Å²) in [5, 5.41) is 17.1. The molecule has 0 bridgehead atoms. The number of allylic oxidation sites excluding steroid dienone is 1.